The smallest absolute Gasteiger partial charge is 0.398 e. The Bertz CT molecular complexity index is 888. The van der Waals surface area contributed by atoms with Crippen LogP contribution in [-0.4, -0.2) is 16.5 Å². The number of halogens is 3. The van der Waals surface area contributed by atoms with Gasteiger partial charge in [0.05, 0.1) is 17.2 Å². The molecule has 0 radical (unpaired) electrons. The summed E-state index contributed by atoms with van der Waals surface area (Å²) in [7, 11) is 0. The molecule has 0 fully saturated rings. The fraction of sp³-hybridized carbons (Fsp3) is 0.211. The molecule has 27 heavy (non-hydrogen) atoms. The maximum absolute atomic E-state index is 13.1. The first-order chi connectivity index (χ1) is 12.5. The topological polar surface area (TPSA) is 82.1 Å². The minimum atomic E-state index is -4.66. The molecule has 4 nitrogen and oxygen atoms in total. The lowest BCUT2D eigenvalue weighted by atomic mass is 10.0. The van der Waals surface area contributed by atoms with Crippen LogP contribution in [0.2, 0.25) is 0 Å². The van der Waals surface area contributed by atoms with Crippen molar-refractivity contribution >= 4 is 23.1 Å². The molecule has 8 heteroatoms. The molecule has 0 bridgehead atoms. The molecule has 0 aliphatic heterocycles. The highest BCUT2D eigenvalue weighted by molar-refractivity contribution is 7.99. The predicted molar refractivity (Wildman–Crippen MR) is 101 cm³/mol. The second-order valence-electron chi connectivity index (χ2n) is 6.07. The average molecular weight is 393 g/mol. The number of benzene rings is 2. The van der Waals surface area contributed by atoms with E-state index >= 15 is 0 Å². The van der Waals surface area contributed by atoms with Crippen LogP contribution < -0.4 is 11.1 Å². The van der Waals surface area contributed by atoms with Gasteiger partial charge in [-0.25, -0.2) is 0 Å². The number of anilines is 2. The molecule has 0 aliphatic rings. The van der Waals surface area contributed by atoms with Crippen LogP contribution in [0.1, 0.15) is 18.1 Å². The van der Waals surface area contributed by atoms with Gasteiger partial charge in [0.25, 0.3) is 0 Å². The Balaban J connectivity index is 2.13. The van der Waals surface area contributed by atoms with Gasteiger partial charge < -0.3 is 16.2 Å². The van der Waals surface area contributed by atoms with E-state index in [1.165, 1.54) is 30.8 Å². The van der Waals surface area contributed by atoms with Crippen LogP contribution >= 0.6 is 11.8 Å². The standard InChI is InChI=1S/C19H18F3N3OS/c1-12(18(2,26)11-27-17-6-4-3-5-16(17)24)25-14-8-7-13(10-23)15(9-14)19(20,21)22/h3-9,25-26H,1,11,24H2,2H3/t18-/m0/s1. The first-order valence-electron chi connectivity index (χ1n) is 7.82. The van der Waals surface area contributed by atoms with Crippen LogP contribution in [-0.2, 0) is 6.18 Å². The van der Waals surface area contributed by atoms with Crippen molar-refractivity contribution in [1.82, 2.24) is 0 Å². The number of aliphatic hydroxyl groups is 1. The lowest BCUT2D eigenvalue weighted by Crippen LogP contribution is -2.33. The summed E-state index contributed by atoms with van der Waals surface area (Å²) in [6, 6.07) is 11.9. The van der Waals surface area contributed by atoms with Gasteiger partial charge in [-0.1, -0.05) is 18.7 Å². The molecule has 1 atom stereocenters. The number of nitrogens with zero attached hydrogens (tertiary/aromatic N) is 1. The molecule has 0 aromatic heterocycles. The van der Waals surface area contributed by atoms with Gasteiger partial charge in [0.2, 0.25) is 0 Å². The number of nitrogen functional groups attached to an aromatic ring is 1. The zero-order chi connectivity index (χ0) is 20.2. The first kappa shape index (κ1) is 20.7. The monoisotopic (exact) mass is 393 g/mol. The molecule has 0 amide bonds. The number of nitrogens with two attached hydrogens (primary N) is 1. The van der Waals surface area contributed by atoms with Gasteiger partial charge in [0.1, 0.15) is 5.60 Å². The van der Waals surface area contributed by atoms with Gasteiger partial charge in [0, 0.05) is 27.7 Å². The molecule has 2 aromatic rings. The Kier molecular flexibility index (Phi) is 6.08. The Hall–Kier alpha value is -2.63. The Labute approximate surface area is 159 Å². The summed E-state index contributed by atoms with van der Waals surface area (Å²) in [5, 5.41) is 22.2. The Morgan fingerprint density at radius 2 is 1.96 bits per heavy atom. The van der Waals surface area contributed by atoms with Crippen molar-refractivity contribution in [1.29, 1.82) is 5.26 Å². The largest absolute Gasteiger partial charge is 0.417 e. The molecule has 142 valence electrons. The second-order valence-corrected chi connectivity index (χ2v) is 7.09. The average Bonchev–Trinajstić information content (AvgIpc) is 2.60. The zero-order valence-electron chi connectivity index (χ0n) is 14.5. The van der Waals surface area contributed by atoms with Gasteiger partial charge in [-0.15, -0.1) is 11.8 Å². The number of alkyl halides is 3. The minimum absolute atomic E-state index is 0.0795. The highest BCUT2D eigenvalue weighted by atomic mass is 32.2. The molecule has 0 unspecified atom stereocenters. The number of nitrogens with one attached hydrogen (secondary N) is 1. The SMILES string of the molecule is C=C(Nc1ccc(C#N)c(C(F)(F)F)c1)[C@@](C)(O)CSc1ccccc1N. The Morgan fingerprint density at radius 1 is 1.30 bits per heavy atom. The Morgan fingerprint density at radius 3 is 2.56 bits per heavy atom. The van der Waals surface area contributed by atoms with Crippen molar-refractivity contribution in [2.24, 2.45) is 0 Å². The fourth-order valence-electron chi connectivity index (χ4n) is 2.18. The van der Waals surface area contributed by atoms with Crippen molar-refractivity contribution in [3.05, 3.63) is 65.9 Å². The van der Waals surface area contributed by atoms with Gasteiger partial charge in [-0.2, -0.15) is 18.4 Å². The van der Waals surface area contributed by atoms with Crippen molar-refractivity contribution in [2.45, 2.75) is 23.6 Å². The highest BCUT2D eigenvalue weighted by Gasteiger charge is 2.34. The maximum Gasteiger partial charge on any atom is 0.417 e. The number of thioether (sulfide) groups is 1. The van der Waals surface area contributed by atoms with Crippen molar-refractivity contribution < 1.29 is 18.3 Å². The molecule has 4 N–H and O–H groups in total. The normalized spacial score (nSPS) is 13.5. The number of hydrogen-bond donors (Lipinski definition) is 3. The van der Waals surface area contributed by atoms with Gasteiger partial charge in [-0.05, 0) is 37.3 Å². The summed E-state index contributed by atoms with van der Waals surface area (Å²) in [6.45, 7) is 5.24. The van der Waals surface area contributed by atoms with Crippen LogP contribution in [0.3, 0.4) is 0 Å². The van der Waals surface area contributed by atoms with E-state index in [4.69, 9.17) is 11.0 Å². The minimum Gasteiger partial charge on any atom is -0.398 e. The summed E-state index contributed by atoms with van der Waals surface area (Å²) in [4.78, 5) is 0.781. The van der Waals surface area contributed by atoms with Crippen molar-refractivity contribution in [3.8, 4) is 6.07 Å². The number of rotatable bonds is 6. The third-order valence-electron chi connectivity index (χ3n) is 3.82. The van der Waals surface area contributed by atoms with Crippen LogP contribution in [0.15, 0.2) is 59.6 Å². The van der Waals surface area contributed by atoms with Crippen LogP contribution in [0, 0.1) is 11.3 Å². The summed E-state index contributed by atoms with van der Waals surface area (Å²) in [6.07, 6.45) is -4.66. The van der Waals surface area contributed by atoms with Crippen molar-refractivity contribution in [3.63, 3.8) is 0 Å². The van der Waals surface area contributed by atoms with E-state index in [1.54, 1.807) is 12.1 Å². The highest BCUT2D eigenvalue weighted by Crippen LogP contribution is 2.35. The van der Waals surface area contributed by atoms with E-state index in [0.29, 0.717) is 5.69 Å². The zero-order valence-corrected chi connectivity index (χ0v) is 15.3. The van der Waals surface area contributed by atoms with Gasteiger partial charge >= 0.3 is 6.18 Å². The maximum atomic E-state index is 13.1. The van der Waals surface area contributed by atoms with Gasteiger partial charge in [0.15, 0.2) is 0 Å². The van der Waals surface area contributed by atoms with Crippen LogP contribution in [0.4, 0.5) is 24.5 Å². The van der Waals surface area contributed by atoms with E-state index in [2.05, 4.69) is 11.9 Å². The number of nitriles is 1. The van der Waals surface area contributed by atoms with E-state index in [0.717, 1.165) is 17.0 Å². The molecule has 0 aliphatic carbocycles. The number of hydrogen-bond acceptors (Lipinski definition) is 5. The van der Waals surface area contributed by atoms with Gasteiger partial charge in [-0.3, -0.25) is 0 Å². The van der Waals surface area contributed by atoms with E-state index in [1.807, 2.05) is 12.1 Å². The fourth-order valence-corrected chi connectivity index (χ4v) is 3.20. The third kappa shape index (κ3) is 5.18. The molecular weight excluding hydrogens is 375 g/mol. The second kappa shape index (κ2) is 7.94. The molecule has 0 spiro atoms. The summed E-state index contributed by atoms with van der Waals surface area (Å²) < 4.78 is 39.2. The first-order valence-corrected chi connectivity index (χ1v) is 8.80. The molecule has 0 saturated heterocycles. The van der Waals surface area contributed by atoms with Crippen LogP contribution in [0.5, 0.6) is 0 Å². The summed E-state index contributed by atoms with van der Waals surface area (Å²) in [5.74, 6) is 0.190. The summed E-state index contributed by atoms with van der Waals surface area (Å²) >= 11 is 1.31. The predicted octanol–water partition coefficient (Wildman–Crippen LogP) is 4.63. The molecule has 2 aromatic carbocycles. The molecule has 2 rings (SSSR count). The van der Waals surface area contributed by atoms with E-state index < -0.39 is 22.9 Å². The summed E-state index contributed by atoms with van der Waals surface area (Å²) in [5.41, 5.74) is 3.70. The van der Waals surface area contributed by atoms with Crippen LogP contribution in [0.25, 0.3) is 0 Å². The quantitative estimate of drug-likeness (QED) is 0.492. The van der Waals surface area contributed by atoms with E-state index in [-0.39, 0.29) is 17.1 Å². The molecule has 0 saturated carbocycles. The lowest BCUT2D eigenvalue weighted by Gasteiger charge is -2.27. The van der Waals surface area contributed by atoms with Crippen molar-refractivity contribution in [2.75, 3.05) is 16.8 Å². The molecule has 0 heterocycles. The number of para-hydroxylation sites is 1. The third-order valence-corrected chi connectivity index (χ3v) is 5.21. The molecular formula is C19H18F3N3OS. The lowest BCUT2D eigenvalue weighted by molar-refractivity contribution is -0.137. The van der Waals surface area contributed by atoms with E-state index in [9.17, 15) is 18.3 Å².